The Labute approximate surface area is 135 Å². The smallest absolute Gasteiger partial charge is 0.170 e. The average molecular weight is 327 g/mol. The number of nitrogens with one attached hydrogen (secondary N) is 2. The van der Waals surface area contributed by atoms with Crippen LogP contribution in [0.1, 0.15) is 35.0 Å². The molecule has 0 saturated heterocycles. The zero-order valence-corrected chi connectivity index (χ0v) is 13.5. The molecule has 0 bridgehead atoms. The number of anilines is 1. The van der Waals surface area contributed by atoms with E-state index < -0.39 is 0 Å². The van der Waals surface area contributed by atoms with Crippen LogP contribution in [0, 0.1) is 18.3 Å². The molecule has 0 radical (unpaired) electrons. The zero-order chi connectivity index (χ0) is 15.1. The first-order valence-electron chi connectivity index (χ1n) is 7.02. The predicted molar refractivity (Wildman–Crippen MR) is 89.1 cm³/mol. The Kier molecular flexibility index (Phi) is 3.28. The highest BCUT2D eigenvalue weighted by Crippen LogP contribution is 2.43. The zero-order valence-electron chi connectivity index (χ0n) is 11.9. The Hall–Kier alpha value is -2.04. The molecule has 2 aromatic heterocycles. The number of fused-ring (bicyclic) bond motifs is 1. The minimum atomic E-state index is 0.440. The van der Waals surface area contributed by atoms with Gasteiger partial charge >= 0.3 is 0 Å². The Bertz CT molecular complexity index is 885. The normalized spacial score (nSPS) is 14.2. The number of nitriles is 1. The maximum Gasteiger partial charge on any atom is 0.170 e. The van der Waals surface area contributed by atoms with Crippen LogP contribution in [0.2, 0.25) is 0 Å². The van der Waals surface area contributed by atoms with Crippen LogP contribution >= 0.6 is 23.3 Å². The van der Waals surface area contributed by atoms with E-state index in [4.69, 9.17) is 5.26 Å². The molecule has 0 spiro atoms. The number of benzene rings is 1. The van der Waals surface area contributed by atoms with E-state index in [-0.39, 0.29) is 0 Å². The van der Waals surface area contributed by atoms with Gasteiger partial charge in [-0.05, 0) is 43.3 Å². The summed E-state index contributed by atoms with van der Waals surface area (Å²) < 4.78 is 4.50. The first-order chi connectivity index (χ1) is 10.8. The lowest BCUT2D eigenvalue weighted by molar-refractivity contribution is 1.08. The van der Waals surface area contributed by atoms with Gasteiger partial charge in [0.25, 0.3) is 0 Å². The number of rotatable bonds is 4. The van der Waals surface area contributed by atoms with Crippen LogP contribution in [0.15, 0.2) is 22.5 Å². The SMILES string of the molecule is Cc1ccc(NSc2cnc(C3CC3)s2)c2[nH]nc(C#N)c12. The third kappa shape index (κ3) is 2.34. The number of H-pyrrole nitrogens is 1. The number of aromatic nitrogens is 3. The Morgan fingerprint density at radius 1 is 1.45 bits per heavy atom. The van der Waals surface area contributed by atoms with Crippen molar-refractivity contribution in [2.24, 2.45) is 0 Å². The number of aryl methyl sites for hydroxylation is 1. The maximum atomic E-state index is 9.14. The van der Waals surface area contributed by atoms with E-state index in [1.807, 2.05) is 25.3 Å². The van der Waals surface area contributed by atoms with Crippen molar-refractivity contribution in [3.8, 4) is 6.07 Å². The van der Waals surface area contributed by atoms with Gasteiger partial charge in [0.1, 0.15) is 10.3 Å². The van der Waals surface area contributed by atoms with Crippen molar-refractivity contribution in [1.82, 2.24) is 15.2 Å². The van der Waals surface area contributed by atoms with E-state index in [1.54, 1.807) is 23.3 Å². The van der Waals surface area contributed by atoms with E-state index in [0.717, 1.165) is 26.4 Å². The summed E-state index contributed by atoms with van der Waals surface area (Å²) in [4.78, 5) is 4.48. The summed E-state index contributed by atoms with van der Waals surface area (Å²) in [6.07, 6.45) is 4.47. The molecule has 3 aromatic rings. The molecule has 1 fully saturated rings. The van der Waals surface area contributed by atoms with Gasteiger partial charge < -0.3 is 4.72 Å². The summed E-state index contributed by atoms with van der Waals surface area (Å²) in [5.41, 5.74) is 3.29. The highest BCUT2D eigenvalue weighted by atomic mass is 32.2. The second-order valence-corrected chi connectivity index (χ2v) is 7.53. The summed E-state index contributed by atoms with van der Waals surface area (Å²) in [7, 11) is 0. The Morgan fingerprint density at radius 3 is 3.09 bits per heavy atom. The van der Waals surface area contributed by atoms with E-state index in [9.17, 15) is 0 Å². The monoisotopic (exact) mass is 327 g/mol. The van der Waals surface area contributed by atoms with Gasteiger partial charge in [-0.15, -0.1) is 11.3 Å². The fraction of sp³-hybridized carbons (Fsp3) is 0.267. The van der Waals surface area contributed by atoms with Crippen LogP contribution < -0.4 is 4.72 Å². The second kappa shape index (κ2) is 5.30. The molecule has 0 atom stereocenters. The number of nitrogens with zero attached hydrogens (tertiary/aromatic N) is 3. The molecular weight excluding hydrogens is 314 g/mol. The van der Waals surface area contributed by atoms with Crippen LogP contribution in [-0.4, -0.2) is 15.2 Å². The first kappa shape index (κ1) is 13.6. The van der Waals surface area contributed by atoms with Gasteiger partial charge in [0.05, 0.1) is 22.4 Å². The standard InChI is InChI=1S/C15H13N5S2/c1-8-2-5-10(14-13(8)11(6-16)18-19-14)20-22-12-7-17-15(21-12)9-3-4-9/h2,5,7,9,20H,3-4H2,1H3,(H,18,19). The van der Waals surface area contributed by atoms with Gasteiger partial charge in [0.15, 0.2) is 5.69 Å². The van der Waals surface area contributed by atoms with E-state index in [0.29, 0.717) is 11.6 Å². The van der Waals surface area contributed by atoms with Crippen LogP contribution in [0.5, 0.6) is 0 Å². The average Bonchev–Trinajstić information content (AvgIpc) is 3.11. The molecule has 1 aromatic carbocycles. The Balaban J connectivity index is 1.59. The van der Waals surface area contributed by atoms with Crippen molar-refractivity contribution < 1.29 is 0 Å². The van der Waals surface area contributed by atoms with Gasteiger partial charge in [0.2, 0.25) is 0 Å². The van der Waals surface area contributed by atoms with Crippen molar-refractivity contribution in [3.63, 3.8) is 0 Å². The van der Waals surface area contributed by atoms with Crippen molar-refractivity contribution in [3.05, 3.63) is 34.6 Å². The largest absolute Gasteiger partial charge is 0.323 e. The van der Waals surface area contributed by atoms with Crippen molar-refractivity contribution in [2.75, 3.05) is 4.72 Å². The summed E-state index contributed by atoms with van der Waals surface area (Å²) in [6.45, 7) is 1.99. The molecule has 7 heteroatoms. The minimum absolute atomic E-state index is 0.440. The first-order valence-corrected chi connectivity index (χ1v) is 8.66. The van der Waals surface area contributed by atoms with E-state index in [2.05, 4.69) is 26.0 Å². The highest BCUT2D eigenvalue weighted by molar-refractivity contribution is 8.02. The number of aromatic amines is 1. The van der Waals surface area contributed by atoms with Gasteiger partial charge in [-0.2, -0.15) is 10.4 Å². The lowest BCUT2D eigenvalue weighted by Gasteiger charge is -2.06. The quantitative estimate of drug-likeness (QED) is 0.702. The molecule has 5 nitrogen and oxygen atoms in total. The summed E-state index contributed by atoms with van der Waals surface area (Å²) in [6, 6.07) is 6.14. The van der Waals surface area contributed by atoms with Crippen LogP contribution in [-0.2, 0) is 0 Å². The van der Waals surface area contributed by atoms with Crippen LogP contribution in [0.25, 0.3) is 10.9 Å². The third-order valence-electron chi connectivity index (χ3n) is 3.73. The maximum absolute atomic E-state index is 9.14. The minimum Gasteiger partial charge on any atom is -0.323 e. The predicted octanol–water partition coefficient (Wildman–Crippen LogP) is 4.20. The molecule has 1 saturated carbocycles. The van der Waals surface area contributed by atoms with Crippen LogP contribution in [0.4, 0.5) is 5.69 Å². The van der Waals surface area contributed by atoms with E-state index in [1.165, 1.54) is 17.8 Å². The molecule has 22 heavy (non-hydrogen) atoms. The third-order valence-corrected chi connectivity index (χ3v) is 5.81. The Morgan fingerprint density at radius 2 is 2.32 bits per heavy atom. The van der Waals surface area contributed by atoms with Crippen LogP contribution in [0.3, 0.4) is 0 Å². The topological polar surface area (TPSA) is 77.4 Å². The second-order valence-electron chi connectivity index (χ2n) is 5.36. The summed E-state index contributed by atoms with van der Waals surface area (Å²) in [5, 5.41) is 18.3. The number of hydrogen-bond acceptors (Lipinski definition) is 6. The molecular formula is C15H13N5S2. The molecule has 4 rings (SSSR count). The molecule has 2 heterocycles. The fourth-order valence-electron chi connectivity index (χ4n) is 2.41. The molecule has 1 aliphatic rings. The van der Waals surface area contributed by atoms with Crippen molar-refractivity contribution in [1.29, 1.82) is 5.26 Å². The molecule has 110 valence electrons. The molecule has 1 aliphatic carbocycles. The lowest BCUT2D eigenvalue weighted by Crippen LogP contribution is -1.88. The van der Waals surface area contributed by atoms with Gasteiger partial charge in [-0.3, -0.25) is 5.10 Å². The summed E-state index contributed by atoms with van der Waals surface area (Å²) >= 11 is 3.30. The van der Waals surface area contributed by atoms with Gasteiger partial charge in [0, 0.05) is 11.3 Å². The van der Waals surface area contributed by atoms with Gasteiger partial charge in [-0.1, -0.05) is 6.07 Å². The molecule has 2 N–H and O–H groups in total. The number of thiazole rings is 1. The lowest BCUT2D eigenvalue weighted by atomic mass is 10.1. The highest BCUT2D eigenvalue weighted by Gasteiger charge is 2.26. The molecule has 0 unspecified atom stereocenters. The van der Waals surface area contributed by atoms with Crippen molar-refractivity contribution in [2.45, 2.75) is 29.9 Å². The van der Waals surface area contributed by atoms with Gasteiger partial charge in [-0.25, -0.2) is 4.98 Å². The van der Waals surface area contributed by atoms with Crippen molar-refractivity contribution >= 4 is 39.9 Å². The fourth-order valence-corrected chi connectivity index (χ4v) is 4.26. The number of hydrogen-bond donors (Lipinski definition) is 2. The molecule has 0 amide bonds. The summed E-state index contributed by atoms with van der Waals surface area (Å²) in [5.74, 6) is 0.691. The molecule has 0 aliphatic heterocycles. The van der Waals surface area contributed by atoms with E-state index >= 15 is 0 Å².